The van der Waals surface area contributed by atoms with Gasteiger partial charge in [-0.15, -0.1) is 12.4 Å². The van der Waals surface area contributed by atoms with Gasteiger partial charge in [-0.05, 0) is 28.1 Å². The first-order valence-corrected chi connectivity index (χ1v) is 4.37. The van der Waals surface area contributed by atoms with Gasteiger partial charge in [0.25, 0.3) is 0 Å². The second-order valence-corrected chi connectivity index (χ2v) is 3.10. The summed E-state index contributed by atoms with van der Waals surface area (Å²) in [6, 6.07) is 3.50. The number of aromatic nitrogens is 2. The lowest BCUT2D eigenvalue weighted by molar-refractivity contribution is 0.379. The van der Waals surface area contributed by atoms with Crippen LogP contribution in [0.15, 0.2) is 25.7 Å². The minimum absolute atomic E-state index is 0. The predicted octanol–water partition coefficient (Wildman–Crippen LogP) is 1.97. The molecule has 0 radical (unpaired) electrons. The molecule has 2 rings (SSSR count). The van der Waals surface area contributed by atoms with Crippen molar-refractivity contribution in [2.24, 2.45) is 5.73 Å². The first kappa shape index (κ1) is 11.2. The molecule has 2 aromatic heterocycles. The summed E-state index contributed by atoms with van der Waals surface area (Å²) in [5.74, 6) is 1.35. The molecule has 2 heterocycles. The fourth-order valence-corrected chi connectivity index (χ4v) is 1.18. The van der Waals surface area contributed by atoms with E-state index in [1.54, 1.807) is 12.1 Å². The van der Waals surface area contributed by atoms with Gasteiger partial charge in [0.2, 0.25) is 11.7 Å². The minimum atomic E-state index is 0. The molecular weight excluding hydrogens is 273 g/mol. The highest BCUT2D eigenvalue weighted by molar-refractivity contribution is 9.10. The van der Waals surface area contributed by atoms with Crippen LogP contribution in [0, 0.1) is 0 Å². The molecule has 76 valence electrons. The molecule has 2 aromatic rings. The smallest absolute Gasteiger partial charge is 0.240 e. The van der Waals surface area contributed by atoms with Gasteiger partial charge in [-0.3, -0.25) is 0 Å². The van der Waals surface area contributed by atoms with Gasteiger partial charge >= 0.3 is 0 Å². The van der Waals surface area contributed by atoms with Crippen LogP contribution in [0.5, 0.6) is 0 Å². The van der Waals surface area contributed by atoms with E-state index < -0.39 is 0 Å². The lowest BCUT2D eigenvalue weighted by Crippen LogP contribution is -1.95. The zero-order valence-electron chi connectivity index (χ0n) is 6.94. The molecule has 0 atom stereocenters. The van der Waals surface area contributed by atoms with Gasteiger partial charge in [0, 0.05) is 0 Å². The number of halogens is 2. The summed E-state index contributed by atoms with van der Waals surface area (Å²) in [5, 5.41) is 3.69. The van der Waals surface area contributed by atoms with Crippen molar-refractivity contribution in [2.45, 2.75) is 6.54 Å². The molecule has 14 heavy (non-hydrogen) atoms. The van der Waals surface area contributed by atoms with Crippen LogP contribution in [0.3, 0.4) is 0 Å². The highest BCUT2D eigenvalue weighted by Gasteiger charge is 2.10. The summed E-state index contributed by atoms with van der Waals surface area (Å²) in [7, 11) is 0. The second kappa shape index (κ2) is 4.59. The van der Waals surface area contributed by atoms with Crippen molar-refractivity contribution in [3.05, 3.63) is 22.7 Å². The van der Waals surface area contributed by atoms with Crippen molar-refractivity contribution in [3.8, 4) is 11.6 Å². The van der Waals surface area contributed by atoms with Crippen LogP contribution in [0.1, 0.15) is 5.89 Å². The molecule has 0 bridgehead atoms. The monoisotopic (exact) mass is 279 g/mol. The number of nitrogens with two attached hydrogens (primary N) is 1. The number of nitrogens with zero attached hydrogens (tertiary/aromatic N) is 2. The fourth-order valence-electron chi connectivity index (χ4n) is 0.872. The van der Waals surface area contributed by atoms with Crippen LogP contribution in [0.2, 0.25) is 0 Å². The maximum atomic E-state index is 5.31. The van der Waals surface area contributed by atoms with E-state index in [0.29, 0.717) is 22.1 Å². The van der Waals surface area contributed by atoms with Crippen molar-refractivity contribution in [1.82, 2.24) is 10.1 Å². The van der Waals surface area contributed by atoms with Gasteiger partial charge in [-0.1, -0.05) is 5.16 Å². The lowest BCUT2D eigenvalue weighted by atomic mass is 10.4. The Morgan fingerprint density at radius 2 is 2.21 bits per heavy atom. The molecule has 5 nitrogen and oxygen atoms in total. The molecule has 0 fully saturated rings. The van der Waals surface area contributed by atoms with Crippen molar-refractivity contribution >= 4 is 28.3 Å². The van der Waals surface area contributed by atoms with E-state index in [1.807, 2.05) is 0 Å². The molecule has 0 unspecified atom stereocenters. The molecule has 0 aliphatic rings. The fraction of sp³-hybridized carbons (Fsp3) is 0.143. The maximum absolute atomic E-state index is 5.31. The first-order chi connectivity index (χ1) is 6.29. The standard InChI is InChI=1S/C7H6BrN3O2.ClH/c8-5-2-1-4(12-5)7-10-6(3-9)13-11-7;/h1-2H,3,9H2;1H. The molecule has 7 heteroatoms. The third-order valence-corrected chi connectivity index (χ3v) is 1.86. The van der Waals surface area contributed by atoms with Crippen molar-refractivity contribution in [3.63, 3.8) is 0 Å². The highest BCUT2D eigenvalue weighted by Crippen LogP contribution is 2.22. The van der Waals surface area contributed by atoms with Gasteiger partial charge < -0.3 is 14.7 Å². The molecular formula is C7H7BrClN3O2. The van der Waals surface area contributed by atoms with Crippen molar-refractivity contribution in [2.75, 3.05) is 0 Å². The lowest BCUT2D eigenvalue weighted by Gasteiger charge is -1.83. The van der Waals surface area contributed by atoms with Gasteiger partial charge in [-0.2, -0.15) is 4.98 Å². The number of rotatable bonds is 2. The van der Waals surface area contributed by atoms with Crippen LogP contribution < -0.4 is 5.73 Å². The third-order valence-electron chi connectivity index (χ3n) is 1.44. The van der Waals surface area contributed by atoms with Crippen molar-refractivity contribution < 1.29 is 8.94 Å². The Hall–Kier alpha value is -0.850. The summed E-state index contributed by atoms with van der Waals surface area (Å²) in [6.45, 7) is 0.231. The number of hydrogen-bond donors (Lipinski definition) is 1. The van der Waals surface area contributed by atoms with Crippen LogP contribution in [-0.2, 0) is 6.54 Å². The Kier molecular flexibility index (Phi) is 3.68. The number of hydrogen-bond acceptors (Lipinski definition) is 5. The van der Waals surface area contributed by atoms with E-state index in [4.69, 9.17) is 14.7 Å². The molecule has 0 aliphatic carbocycles. The van der Waals surface area contributed by atoms with E-state index in [1.165, 1.54) is 0 Å². The van der Waals surface area contributed by atoms with E-state index in [2.05, 4.69) is 26.1 Å². The molecule has 2 N–H and O–H groups in total. The van der Waals surface area contributed by atoms with Crippen molar-refractivity contribution in [1.29, 1.82) is 0 Å². The average Bonchev–Trinajstić information content (AvgIpc) is 2.71. The molecule has 0 saturated heterocycles. The maximum Gasteiger partial charge on any atom is 0.240 e. The van der Waals surface area contributed by atoms with Gasteiger partial charge in [-0.25, -0.2) is 0 Å². The summed E-state index contributed by atoms with van der Waals surface area (Å²) in [5.41, 5.74) is 5.31. The predicted molar refractivity (Wildman–Crippen MR) is 54.8 cm³/mol. The van der Waals surface area contributed by atoms with Crippen LogP contribution in [0.25, 0.3) is 11.6 Å². The Balaban J connectivity index is 0.000000980. The quantitative estimate of drug-likeness (QED) is 0.910. The normalized spacial score (nSPS) is 9.86. The van der Waals surface area contributed by atoms with Gasteiger partial charge in [0.1, 0.15) is 0 Å². The molecule has 0 aliphatic heterocycles. The van der Waals surface area contributed by atoms with E-state index in [-0.39, 0.29) is 19.0 Å². The second-order valence-electron chi connectivity index (χ2n) is 2.32. The molecule has 0 spiro atoms. The average molecular weight is 281 g/mol. The van der Waals surface area contributed by atoms with Crippen LogP contribution >= 0.6 is 28.3 Å². The largest absolute Gasteiger partial charge is 0.446 e. The van der Waals surface area contributed by atoms with Crippen LogP contribution in [0.4, 0.5) is 0 Å². The Morgan fingerprint density at radius 3 is 2.71 bits per heavy atom. The SMILES string of the molecule is Cl.NCc1nc(-c2ccc(Br)o2)no1. The summed E-state index contributed by atoms with van der Waals surface area (Å²) < 4.78 is 10.7. The van der Waals surface area contributed by atoms with E-state index >= 15 is 0 Å². The zero-order valence-corrected chi connectivity index (χ0v) is 9.34. The van der Waals surface area contributed by atoms with E-state index in [0.717, 1.165) is 0 Å². The third kappa shape index (κ3) is 2.14. The Morgan fingerprint density at radius 1 is 1.43 bits per heavy atom. The topological polar surface area (TPSA) is 78.1 Å². The molecule has 0 amide bonds. The molecule has 0 saturated carbocycles. The highest BCUT2D eigenvalue weighted by atomic mass is 79.9. The Labute approximate surface area is 94.2 Å². The van der Waals surface area contributed by atoms with E-state index in [9.17, 15) is 0 Å². The molecule has 0 aromatic carbocycles. The summed E-state index contributed by atoms with van der Waals surface area (Å²) >= 11 is 3.18. The van der Waals surface area contributed by atoms with Gasteiger partial charge in [0.15, 0.2) is 10.4 Å². The first-order valence-electron chi connectivity index (χ1n) is 3.58. The Bertz CT molecular complexity index is 414. The van der Waals surface area contributed by atoms with Gasteiger partial charge in [0.05, 0.1) is 6.54 Å². The summed E-state index contributed by atoms with van der Waals surface area (Å²) in [6.07, 6.45) is 0. The summed E-state index contributed by atoms with van der Waals surface area (Å²) in [4.78, 5) is 3.99. The van der Waals surface area contributed by atoms with Crippen LogP contribution in [-0.4, -0.2) is 10.1 Å². The zero-order chi connectivity index (χ0) is 9.26. The minimum Gasteiger partial charge on any atom is -0.446 e. The number of furan rings is 1.